The average Bonchev–Trinajstić information content (AvgIpc) is 2.35. The Labute approximate surface area is 125 Å². The molecule has 3 N–H and O–H groups in total. The quantitative estimate of drug-likeness (QED) is 0.390. The van der Waals surface area contributed by atoms with Gasteiger partial charge in [0.05, 0.1) is 24.7 Å². The standard InChI is InChI=1S/C12H24N4O3S/c1-15(8-11(17)14-5-7-19-3)9-12(18)16(2)6-4-10(13)20/h4-9H2,1-3H3,(H2,13,20)(H,14,17). The fraction of sp³-hybridized carbons (Fsp3) is 0.750. The van der Waals surface area contributed by atoms with Gasteiger partial charge in [0.2, 0.25) is 11.8 Å². The van der Waals surface area contributed by atoms with Crippen LogP contribution in [-0.2, 0) is 14.3 Å². The number of hydrogen-bond donors (Lipinski definition) is 2. The van der Waals surface area contributed by atoms with E-state index in [2.05, 4.69) is 5.32 Å². The maximum absolute atomic E-state index is 11.9. The van der Waals surface area contributed by atoms with Crippen LogP contribution in [0.15, 0.2) is 0 Å². The molecule has 0 saturated carbocycles. The molecule has 0 fully saturated rings. The number of nitrogens with zero attached hydrogens (tertiary/aromatic N) is 2. The second-order valence-corrected chi connectivity index (χ2v) is 5.07. The summed E-state index contributed by atoms with van der Waals surface area (Å²) in [6.45, 7) is 1.76. The normalized spacial score (nSPS) is 10.4. The summed E-state index contributed by atoms with van der Waals surface area (Å²) >= 11 is 4.76. The van der Waals surface area contributed by atoms with Gasteiger partial charge in [-0.3, -0.25) is 14.5 Å². The Morgan fingerprint density at radius 3 is 2.50 bits per heavy atom. The molecule has 116 valence electrons. The number of carbonyl (C=O) groups is 2. The van der Waals surface area contributed by atoms with Gasteiger partial charge in [0.15, 0.2) is 0 Å². The van der Waals surface area contributed by atoms with Crippen molar-refractivity contribution in [2.45, 2.75) is 6.42 Å². The minimum atomic E-state index is -0.136. The second kappa shape index (κ2) is 10.5. The molecule has 0 heterocycles. The summed E-state index contributed by atoms with van der Waals surface area (Å²) in [7, 11) is 4.97. The fourth-order valence-corrected chi connectivity index (χ4v) is 1.49. The van der Waals surface area contributed by atoms with E-state index in [1.54, 1.807) is 31.0 Å². The molecule has 0 aliphatic rings. The molecule has 7 nitrogen and oxygen atoms in total. The lowest BCUT2D eigenvalue weighted by atomic mass is 10.3. The van der Waals surface area contributed by atoms with Crippen LogP contribution in [0.3, 0.4) is 0 Å². The molecule has 0 unspecified atom stereocenters. The molecule has 0 aromatic heterocycles. The number of rotatable bonds is 10. The highest BCUT2D eigenvalue weighted by atomic mass is 32.1. The minimum Gasteiger partial charge on any atom is -0.393 e. The predicted octanol–water partition coefficient (Wildman–Crippen LogP) is -1.18. The van der Waals surface area contributed by atoms with Crippen LogP contribution < -0.4 is 11.1 Å². The average molecular weight is 304 g/mol. The van der Waals surface area contributed by atoms with E-state index in [9.17, 15) is 9.59 Å². The number of methoxy groups -OCH3 is 1. The van der Waals surface area contributed by atoms with Crippen LogP contribution in [0.1, 0.15) is 6.42 Å². The van der Waals surface area contributed by atoms with Gasteiger partial charge in [-0.2, -0.15) is 0 Å². The summed E-state index contributed by atoms with van der Waals surface area (Å²) in [5.74, 6) is -0.211. The van der Waals surface area contributed by atoms with Crippen LogP contribution >= 0.6 is 12.2 Å². The maximum Gasteiger partial charge on any atom is 0.236 e. The number of likely N-dealkylation sites (N-methyl/N-ethyl adjacent to an activating group) is 2. The number of ether oxygens (including phenoxy) is 1. The fourth-order valence-electron chi connectivity index (χ4n) is 1.40. The van der Waals surface area contributed by atoms with Crippen molar-refractivity contribution in [3.8, 4) is 0 Å². The Morgan fingerprint density at radius 1 is 1.30 bits per heavy atom. The van der Waals surface area contributed by atoms with E-state index in [-0.39, 0.29) is 24.9 Å². The zero-order valence-electron chi connectivity index (χ0n) is 12.3. The molecule has 0 aromatic rings. The van der Waals surface area contributed by atoms with Crippen molar-refractivity contribution in [3.63, 3.8) is 0 Å². The lowest BCUT2D eigenvalue weighted by Gasteiger charge is -2.21. The van der Waals surface area contributed by atoms with Gasteiger partial charge in [0, 0.05) is 33.7 Å². The first kappa shape index (κ1) is 18.8. The van der Waals surface area contributed by atoms with Crippen molar-refractivity contribution < 1.29 is 14.3 Å². The summed E-state index contributed by atoms with van der Waals surface area (Å²) in [4.78, 5) is 27.0. The molecule has 0 aliphatic heterocycles. The largest absolute Gasteiger partial charge is 0.393 e. The zero-order chi connectivity index (χ0) is 15.5. The topological polar surface area (TPSA) is 87.9 Å². The number of amides is 2. The zero-order valence-corrected chi connectivity index (χ0v) is 13.2. The molecule has 2 amide bonds. The Kier molecular flexibility index (Phi) is 9.87. The third kappa shape index (κ3) is 9.65. The van der Waals surface area contributed by atoms with E-state index in [4.69, 9.17) is 22.7 Å². The van der Waals surface area contributed by atoms with Gasteiger partial charge in [-0.05, 0) is 7.05 Å². The van der Waals surface area contributed by atoms with Crippen LogP contribution in [0.5, 0.6) is 0 Å². The first-order valence-corrected chi connectivity index (χ1v) is 6.74. The first-order valence-electron chi connectivity index (χ1n) is 6.33. The van der Waals surface area contributed by atoms with E-state index in [1.807, 2.05) is 0 Å². The van der Waals surface area contributed by atoms with E-state index in [0.717, 1.165) is 0 Å². The van der Waals surface area contributed by atoms with E-state index >= 15 is 0 Å². The van der Waals surface area contributed by atoms with Crippen molar-refractivity contribution in [3.05, 3.63) is 0 Å². The first-order chi connectivity index (χ1) is 9.36. The van der Waals surface area contributed by atoms with E-state index in [0.29, 0.717) is 31.1 Å². The molecular weight excluding hydrogens is 280 g/mol. The second-order valence-electron chi connectivity index (χ2n) is 4.55. The third-order valence-corrected chi connectivity index (χ3v) is 2.77. The monoisotopic (exact) mass is 304 g/mol. The molecule has 0 rings (SSSR count). The van der Waals surface area contributed by atoms with Gasteiger partial charge in [0.25, 0.3) is 0 Å². The minimum absolute atomic E-state index is 0.0755. The molecule has 0 aliphatic carbocycles. The van der Waals surface area contributed by atoms with Gasteiger partial charge in [-0.25, -0.2) is 0 Å². The van der Waals surface area contributed by atoms with Crippen LogP contribution in [0.2, 0.25) is 0 Å². The predicted molar refractivity (Wildman–Crippen MR) is 81.4 cm³/mol. The highest BCUT2D eigenvalue weighted by Crippen LogP contribution is 1.92. The van der Waals surface area contributed by atoms with Crippen molar-refractivity contribution in [1.29, 1.82) is 0 Å². The van der Waals surface area contributed by atoms with Gasteiger partial charge < -0.3 is 20.7 Å². The van der Waals surface area contributed by atoms with Crippen molar-refractivity contribution in [2.24, 2.45) is 5.73 Å². The van der Waals surface area contributed by atoms with Gasteiger partial charge in [-0.1, -0.05) is 12.2 Å². The number of hydrogen-bond acceptors (Lipinski definition) is 5. The van der Waals surface area contributed by atoms with Crippen LogP contribution in [-0.4, -0.2) is 80.6 Å². The summed E-state index contributed by atoms with van der Waals surface area (Å²) < 4.78 is 4.83. The summed E-state index contributed by atoms with van der Waals surface area (Å²) in [5.41, 5.74) is 5.39. The number of thiocarbonyl (C=S) groups is 1. The molecule has 20 heavy (non-hydrogen) atoms. The summed E-state index contributed by atoms with van der Waals surface area (Å²) in [5, 5.41) is 2.69. The van der Waals surface area contributed by atoms with Gasteiger partial charge >= 0.3 is 0 Å². The van der Waals surface area contributed by atoms with Crippen LogP contribution in [0.25, 0.3) is 0 Å². The molecule has 0 saturated heterocycles. The van der Waals surface area contributed by atoms with Crippen LogP contribution in [0, 0.1) is 0 Å². The summed E-state index contributed by atoms with van der Waals surface area (Å²) in [6.07, 6.45) is 0.499. The van der Waals surface area contributed by atoms with E-state index < -0.39 is 0 Å². The molecule has 0 radical (unpaired) electrons. The summed E-state index contributed by atoms with van der Waals surface area (Å²) in [6, 6.07) is 0. The maximum atomic E-state index is 11.9. The lowest BCUT2D eigenvalue weighted by Crippen LogP contribution is -2.42. The van der Waals surface area contributed by atoms with Crippen LogP contribution in [0.4, 0.5) is 0 Å². The highest BCUT2D eigenvalue weighted by molar-refractivity contribution is 7.80. The molecule has 0 bridgehead atoms. The smallest absolute Gasteiger partial charge is 0.236 e. The Balaban J connectivity index is 3.94. The Hall–Kier alpha value is -1.25. The van der Waals surface area contributed by atoms with Gasteiger partial charge in [0.1, 0.15) is 0 Å². The molecule has 0 atom stereocenters. The Morgan fingerprint density at radius 2 is 1.95 bits per heavy atom. The van der Waals surface area contributed by atoms with Crippen molar-refractivity contribution >= 4 is 29.0 Å². The van der Waals surface area contributed by atoms with E-state index in [1.165, 1.54) is 0 Å². The van der Waals surface area contributed by atoms with Gasteiger partial charge in [-0.15, -0.1) is 0 Å². The van der Waals surface area contributed by atoms with Crippen molar-refractivity contribution in [2.75, 3.05) is 54.0 Å². The molecular formula is C12H24N4O3S. The highest BCUT2D eigenvalue weighted by Gasteiger charge is 2.13. The molecule has 8 heteroatoms. The number of nitrogens with one attached hydrogen (secondary N) is 1. The molecule has 0 spiro atoms. The number of carbonyl (C=O) groups excluding carboxylic acids is 2. The SMILES string of the molecule is COCCNC(=O)CN(C)CC(=O)N(C)CCC(N)=S. The Bertz CT molecular complexity index is 339. The molecule has 0 aromatic carbocycles. The lowest BCUT2D eigenvalue weighted by molar-refractivity contribution is -0.131. The number of nitrogens with two attached hydrogens (primary N) is 1. The third-order valence-electron chi connectivity index (χ3n) is 2.57. The van der Waals surface area contributed by atoms with Crippen molar-refractivity contribution in [1.82, 2.24) is 15.1 Å².